The molecule has 136 valence electrons. The Morgan fingerprint density at radius 1 is 1.27 bits per heavy atom. The molecule has 0 radical (unpaired) electrons. The SMILES string of the molecule is CNS(=O)(=O)c1ccc(C(=O)C2C(=O)N(C(N)=O)c3ccc(Cl)cc32)s1. The number of imide groups is 1. The lowest BCUT2D eigenvalue weighted by molar-refractivity contribution is -0.117. The first-order valence-electron chi connectivity index (χ1n) is 7.18. The number of hydrogen-bond donors (Lipinski definition) is 2. The van der Waals surface area contributed by atoms with Crippen LogP contribution in [0.2, 0.25) is 5.02 Å². The highest BCUT2D eigenvalue weighted by Crippen LogP contribution is 2.41. The van der Waals surface area contributed by atoms with Crippen molar-refractivity contribution in [3.63, 3.8) is 0 Å². The number of carbonyl (C=O) groups excluding carboxylic acids is 3. The molecular formula is C15H12ClN3O5S2. The van der Waals surface area contributed by atoms with Crippen molar-refractivity contribution in [1.29, 1.82) is 0 Å². The van der Waals surface area contributed by atoms with E-state index < -0.39 is 33.7 Å². The normalized spacial score (nSPS) is 16.6. The third kappa shape index (κ3) is 2.90. The zero-order valence-electron chi connectivity index (χ0n) is 13.2. The van der Waals surface area contributed by atoms with E-state index in [1.807, 2.05) is 0 Å². The predicted molar refractivity (Wildman–Crippen MR) is 96.2 cm³/mol. The summed E-state index contributed by atoms with van der Waals surface area (Å²) in [6, 6.07) is 5.89. The number of Topliss-reactive ketones (excluding diaryl/α,β-unsaturated/α-hetero) is 1. The van der Waals surface area contributed by atoms with Crippen molar-refractivity contribution >= 4 is 56.4 Å². The average Bonchev–Trinajstić information content (AvgIpc) is 3.17. The Bertz CT molecular complexity index is 1050. The summed E-state index contributed by atoms with van der Waals surface area (Å²) in [6.45, 7) is 0. The number of fused-ring (bicyclic) bond motifs is 1. The Morgan fingerprint density at radius 3 is 2.58 bits per heavy atom. The number of nitrogens with two attached hydrogens (primary N) is 1. The third-order valence-corrected chi connectivity index (χ3v) is 7.09. The van der Waals surface area contributed by atoms with Gasteiger partial charge in [0, 0.05) is 5.02 Å². The number of thiophene rings is 1. The fourth-order valence-electron chi connectivity index (χ4n) is 2.66. The third-order valence-electron chi connectivity index (χ3n) is 3.85. The summed E-state index contributed by atoms with van der Waals surface area (Å²) in [7, 11) is -2.46. The molecule has 0 saturated carbocycles. The second-order valence-corrected chi connectivity index (χ2v) is 8.97. The van der Waals surface area contributed by atoms with Crippen LogP contribution in [0.4, 0.5) is 10.5 Å². The number of urea groups is 1. The molecule has 2 aromatic rings. The van der Waals surface area contributed by atoms with Crippen LogP contribution < -0.4 is 15.4 Å². The molecule has 11 heteroatoms. The van der Waals surface area contributed by atoms with Gasteiger partial charge >= 0.3 is 6.03 Å². The van der Waals surface area contributed by atoms with Gasteiger partial charge in [-0.15, -0.1) is 11.3 Å². The molecule has 0 saturated heterocycles. The molecule has 1 aromatic heterocycles. The first-order valence-corrected chi connectivity index (χ1v) is 9.85. The molecule has 0 aliphatic carbocycles. The van der Waals surface area contributed by atoms with Crippen molar-refractivity contribution in [2.24, 2.45) is 5.73 Å². The van der Waals surface area contributed by atoms with Gasteiger partial charge in [-0.1, -0.05) is 11.6 Å². The molecule has 0 spiro atoms. The van der Waals surface area contributed by atoms with E-state index in [1.54, 1.807) is 0 Å². The number of carbonyl (C=O) groups is 3. The molecule has 1 aliphatic rings. The lowest BCUT2D eigenvalue weighted by Crippen LogP contribution is -2.40. The van der Waals surface area contributed by atoms with Gasteiger partial charge in [0.2, 0.25) is 10.0 Å². The van der Waals surface area contributed by atoms with Gasteiger partial charge in [-0.25, -0.2) is 22.8 Å². The van der Waals surface area contributed by atoms with E-state index >= 15 is 0 Å². The second-order valence-electron chi connectivity index (χ2n) is 5.34. The zero-order valence-corrected chi connectivity index (χ0v) is 15.6. The van der Waals surface area contributed by atoms with E-state index in [2.05, 4.69) is 4.72 Å². The summed E-state index contributed by atoms with van der Waals surface area (Å²) < 4.78 is 25.8. The summed E-state index contributed by atoms with van der Waals surface area (Å²) in [4.78, 5) is 37.9. The molecule has 3 N–H and O–H groups in total. The van der Waals surface area contributed by atoms with E-state index in [1.165, 1.54) is 37.4 Å². The smallest absolute Gasteiger partial charge is 0.326 e. The van der Waals surface area contributed by atoms with Crippen LogP contribution in [0.3, 0.4) is 0 Å². The summed E-state index contributed by atoms with van der Waals surface area (Å²) in [5.41, 5.74) is 5.69. The Hall–Kier alpha value is -2.27. The molecule has 8 nitrogen and oxygen atoms in total. The minimum absolute atomic E-state index is 0.0631. The summed E-state index contributed by atoms with van der Waals surface area (Å²) in [5, 5.41) is 0.283. The fraction of sp³-hybridized carbons (Fsp3) is 0.133. The molecular weight excluding hydrogens is 402 g/mol. The number of nitrogens with zero attached hydrogens (tertiary/aromatic N) is 1. The van der Waals surface area contributed by atoms with Crippen LogP contribution in [0, 0.1) is 0 Å². The highest BCUT2D eigenvalue weighted by molar-refractivity contribution is 7.91. The number of halogens is 1. The maximum Gasteiger partial charge on any atom is 0.326 e. The van der Waals surface area contributed by atoms with Crippen LogP contribution in [-0.4, -0.2) is 33.2 Å². The predicted octanol–water partition coefficient (Wildman–Crippen LogP) is 1.70. The Kier molecular flexibility index (Phi) is 4.61. The molecule has 3 rings (SSSR count). The van der Waals surface area contributed by atoms with Crippen molar-refractivity contribution < 1.29 is 22.8 Å². The first-order chi connectivity index (χ1) is 12.2. The maximum absolute atomic E-state index is 12.9. The Labute approximate surface area is 157 Å². The molecule has 1 aliphatic heterocycles. The van der Waals surface area contributed by atoms with E-state index in [4.69, 9.17) is 17.3 Å². The van der Waals surface area contributed by atoms with E-state index in [9.17, 15) is 22.8 Å². The molecule has 26 heavy (non-hydrogen) atoms. The molecule has 1 unspecified atom stereocenters. The number of hydrogen-bond acceptors (Lipinski definition) is 6. The second kappa shape index (κ2) is 6.47. The molecule has 1 aromatic carbocycles. The lowest BCUT2D eigenvalue weighted by Gasteiger charge is -2.12. The minimum atomic E-state index is -3.71. The average molecular weight is 414 g/mol. The van der Waals surface area contributed by atoms with Crippen molar-refractivity contribution in [2.75, 3.05) is 11.9 Å². The van der Waals surface area contributed by atoms with Crippen LogP contribution in [0.25, 0.3) is 0 Å². The van der Waals surface area contributed by atoms with Gasteiger partial charge in [-0.3, -0.25) is 9.59 Å². The number of ketones is 1. The maximum atomic E-state index is 12.9. The Morgan fingerprint density at radius 2 is 1.96 bits per heavy atom. The van der Waals surface area contributed by atoms with Crippen LogP contribution in [-0.2, 0) is 14.8 Å². The summed E-state index contributed by atoms with van der Waals surface area (Å²) >= 11 is 6.68. The number of nitrogens with one attached hydrogen (secondary N) is 1. The van der Waals surface area contributed by atoms with Crippen molar-refractivity contribution in [1.82, 2.24) is 4.72 Å². The number of primary amides is 1. The molecule has 0 fully saturated rings. The van der Waals surface area contributed by atoms with Gasteiger partial charge in [0.15, 0.2) is 5.78 Å². The van der Waals surface area contributed by atoms with Crippen molar-refractivity contribution in [3.8, 4) is 0 Å². The molecule has 1 atom stereocenters. The molecule has 2 heterocycles. The lowest BCUT2D eigenvalue weighted by atomic mass is 9.95. The van der Waals surface area contributed by atoms with Gasteiger partial charge < -0.3 is 5.73 Å². The van der Waals surface area contributed by atoms with Crippen molar-refractivity contribution in [3.05, 3.63) is 45.8 Å². The highest BCUT2D eigenvalue weighted by Gasteiger charge is 2.45. The van der Waals surface area contributed by atoms with Gasteiger partial charge in [-0.05, 0) is 42.9 Å². The summed E-state index contributed by atoms with van der Waals surface area (Å²) in [6.07, 6.45) is 0. The topological polar surface area (TPSA) is 127 Å². The first kappa shape index (κ1) is 18.5. The highest BCUT2D eigenvalue weighted by atomic mass is 35.5. The number of sulfonamides is 1. The largest absolute Gasteiger partial charge is 0.351 e. The number of rotatable bonds is 4. The molecule has 3 amide bonds. The fourth-order valence-corrected chi connectivity index (χ4v) is 4.96. The van der Waals surface area contributed by atoms with Crippen molar-refractivity contribution in [2.45, 2.75) is 10.1 Å². The quantitative estimate of drug-likeness (QED) is 0.582. The van der Waals surface area contributed by atoms with E-state index in [0.717, 1.165) is 11.3 Å². The van der Waals surface area contributed by atoms with Crippen LogP contribution in [0.1, 0.15) is 21.2 Å². The summed E-state index contributed by atoms with van der Waals surface area (Å²) in [5.74, 6) is -2.75. The zero-order chi connectivity index (χ0) is 19.2. The van der Waals surface area contributed by atoms with Gasteiger partial charge in [0.05, 0.1) is 10.6 Å². The standard InChI is InChI=1S/C15H12ClN3O5S2/c1-18-26(23,24)11-5-4-10(25-11)13(20)12-8-6-7(16)2-3-9(8)19(14(12)21)15(17)22/h2-6,12,18H,1H3,(H2,17,22). The van der Waals surface area contributed by atoms with E-state index in [0.29, 0.717) is 4.90 Å². The Balaban J connectivity index is 2.07. The number of amides is 3. The monoisotopic (exact) mass is 413 g/mol. The van der Waals surface area contributed by atoms with E-state index in [-0.39, 0.29) is 25.4 Å². The van der Waals surface area contributed by atoms with Crippen LogP contribution >= 0.6 is 22.9 Å². The van der Waals surface area contributed by atoms with Crippen LogP contribution in [0.5, 0.6) is 0 Å². The van der Waals surface area contributed by atoms with Gasteiger partial charge in [0.25, 0.3) is 5.91 Å². The van der Waals surface area contributed by atoms with Crippen LogP contribution in [0.15, 0.2) is 34.5 Å². The number of benzene rings is 1. The molecule has 0 bridgehead atoms. The number of anilines is 1. The van der Waals surface area contributed by atoms with Gasteiger partial charge in [-0.2, -0.15) is 0 Å². The van der Waals surface area contributed by atoms with Gasteiger partial charge in [0.1, 0.15) is 10.1 Å². The minimum Gasteiger partial charge on any atom is -0.351 e.